The smallest absolute Gasteiger partial charge is 0.270 e. The largest absolute Gasteiger partial charge is 0.507 e. The third-order valence-corrected chi connectivity index (χ3v) is 4.15. The summed E-state index contributed by atoms with van der Waals surface area (Å²) >= 11 is 5.98. The molecule has 146 valence electrons. The minimum absolute atomic E-state index is 0.0728. The maximum atomic E-state index is 12.0. The van der Waals surface area contributed by atoms with E-state index in [0.29, 0.717) is 10.7 Å². The van der Waals surface area contributed by atoms with Gasteiger partial charge in [-0.2, -0.15) is 5.10 Å². The van der Waals surface area contributed by atoms with Crippen LogP contribution in [-0.4, -0.2) is 28.1 Å². The number of nitrogens with zero attached hydrogens (tertiary/aromatic N) is 2. The molecule has 0 saturated heterocycles. The Morgan fingerprint density at radius 1 is 1.25 bits per heavy atom. The second-order valence-corrected chi connectivity index (χ2v) is 6.16. The maximum absolute atomic E-state index is 12.0. The van der Waals surface area contributed by atoms with Crippen LogP contribution in [0.1, 0.15) is 24.0 Å². The Labute approximate surface area is 165 Å². The molecule has 9 nitrogen and oxygen atoms in total. The number of non-ortho nitro benzene ring substituents is 1. The van der Waals surface area contributed by atoms with Crippen molar-refractivity contribution in [3.05, 3.63) is 62.7 Å². The Balaban J connectivity index is 1.85. The summed E-state index contributed by atoms with van der Waals surface area (Å²) in [6, 6.07) is 8.53. The van der Waals surface area contributed by atoms with E-state index in [1.165, 1.54) is 0 Å². The third kappa shape index (κ3) is 5.78. The Morgan fingerprint density at radius 3 is 2.68 bits per heavy atom. The first kappa shape index (κ1) is 20.8. The van der Waals surface area contributed by atoms with Gasteiger partial charge in [-0.1, -0.05) is 17.7 Å². The maximum Gasteiger partial charge on any atom is 0.270 e. The van der Waals surface area contributed by atoms with Crippen LogP contribution in [0.5, 0.6) is 5.75 Å². The van der Waals surface area contributed by atoms with Crippen LogP contribution in [0.4, 0.5) is 11.4 Å². The number of hydrazone groups is 1. The molecule has 0 radical (unpaired) electrons. The Bertz CT molecular complexity index is 946. The summed E-state index contributed by atoms with van der Waals surface area (Å²) in [5, 5.41) is 27.2. The molecule has 0 atom stereocenters. The lowest BCUT2D eigenvalue weighted by molar-refractivity contribution is -0.384. The molecule has 0 bridgehead atoms. The lowest BCUT2D eigenvalue weighted by atomic mass is 10.2. The third-order valence-electron chi connectivity index (χ3n) is 3.74. The molecule has 0 aliphatic heterocycles. The van der Waals surface area contributed by atoms with Crippen molar-refractivity contribution in [3.8, 4) is 5.75 Å². The number of nitro groups is 1. The Kier molecular flexibility index (Phi) is 7.05. The van der Waals surface area contributed by atoms with Crippen LogP contribution in [0.25, 0.3) is 0 Å². The van der Waals surface area contributed by atoms with Gasteiger partial charge in [-0.15, -0.1) is 0 Å². The van der Waals surface area contributed by atoms with Crippen LogP contribution in [0.2, 0.25) is 5.02 Å². The van der Waals surface area contributed by atoms with E-state index in [0.717, 1.165) is 30.0 Å². The number of halogens is 1. The molecule has 28 heavy (non-hydrogen) atoms. The number of phenolic OH excluding ortho intramolecular Hbond substituents is 1. The number of nitrogens with one attached hydrogen (secondary N) is 2. The summed E-state index contributed by atoms with van der Waals surface area (Å²) in [4.78, 5) is 33.8. The predicted octanol–water partition coefficient (Wildman–Crippen LogP) is 3.13. The molecule has 2 aromatic rings. The van der Waals surface area contributed by atoms with Crippen molar-refractivity contribution >= 4 is 41.0 Å². The summed E-state index contributed by atoms with van der Waals surface area (Å²) in [6.45, 7) is 1.77. The van der Waals surface area contributed by atoms with E-state index in [9.17, 15) is 24.8 Å². The average Bonchev–Trinajstić information content (AvgIpc) is 2.65. The van der Waals surface area contributed by atoms with Gasteiger partial charge < -0.3 is 10.4 Å². The Hall–Kier alpha value is -3.46. The molecule has 0 aliphatic rings. The fourth-order valence-electron chi connectivity index (χ4n) is 2.17. The van der Waals surface area contributed by atoms with E-state index < -0.39 is 10.8 Å². The van der Waals surface area contributed by atoms with E-state index in [4.69, 9.17) is 11.6 Å². The summed E-state index contributed by atoms with van der Waals surface area (Å²) in [5.41, 5.74) is 3.34. The number of phenols is 1. The van der Waals surface area contributed by atoms with Gasteiger partial charge in [-0.3, -0.25) is 19.7 Å². The first-order valence-electron chi connectivity index (χ1n) is 8.12. The van der Waals surface area contributed by atoms with Gasteiger partial charge in [0.05, 0.1) is 11.1 Å². The molecule has 0 aliphatic carbocycles. The van der Waals surface area contributed by atoms with Crippen LogP contribution in [0.3, 0.4) is 0 Å². The average molecular weight is 405 g/mol. The fourth-order valence-corrected chi connectivity index (χ4v) is 2.35. The SMILES string of the molecule is Cc1c(Cl)cccc1NC(=O)CCC(=O)N/N=C/c1cc([N+](=O)[O-])ccc1O. The molecule has 0 fully saturated rings. The summed E-state index contributed by atoms with van der Waals surface area (Å²) in [5.74, 6) is -1.11. The molecule has 0 unspecified atom stereocenters. The highest BCUT2D eigenvalue weighted by Crippen LogP contribution is 2.23. The zero-order valence-corrected chi connectivity index (χ0v) is 15.6. The Morgan fingerprint density at radius 2 is 1.96 bits per heavy atom. The van der Waals surface area contributed by atoms with Gasteiger partial charge in [-0.05, 0) is 30.7 Å². The minimum atomic E-state index is -0.615. The van der Waals surface area contributed by atoms with E-state index in [1.54, 1.807) is 25.1 Å². The van der Waals surface area contributed by atoms with Crippen molar-refractivity contribution in [2.75, 3.05) is 5.32 Å². The molecular weight excluding hydrogens is 388 g/mol. The van der Waals surface area contributed by atoms with Gasteiger partial charge in [0.1, 0.15) is 5.75 Å². The van der Waals surface area contributed by atoms with Gasteiger partial charge in [-0.25, -0.2) is 5.43 Å². The van der Waals surface area contributed by atoms with Crippen molar-refractivity contribution in [1.29, 1.82) is 0 Å². The van der Waals surface area contributed by atoms with Crippen LogP contribution < -0.4 is 10.7 Å². The number of hydrogen-bond donors (Lipinski definition) is 3. The molecule has 0 heterocycles. The van der Waals surface area contributed by atoms with Crippen LogP contribution in [0, 0.1) is 17.0 Å². The van der Waals surface area contributed by atoms with Gasteiger partial charge in [0.25, 0.3) is 5.69 Å². The molecule has 0 spiro atoms. The number of carbonyl (C=O) groups excluding carboxylic acids is 2. The second kappa shape index (κ2) is 9.47. The molecule has 2 amide bonds. The zero-order chi connectivity index (χ0) is 20.7. The monoisotopic (exact) mass is 404 g/mol. The van der Waals surface area contributed by atoms with E-state index in [-0.39, 0.29) is 35.7 Å². The van der Waals surface area contributed by atoms with Crippen LogP contribution in [0.15, 0.2) is 41.5 Å². The molecular formula is C18H17ClN4O5. The summed E-state index contributed by atoms with van der Waals surface area (Å²) in [6.07, 6.45) is 0.884. The number of amides is 2. The fraction of sp³-hybridized carbons (Fsp3) is 0.167. The lowest BCUT2D eigenvalue weighted by Crippen LogP contribution is -2.20. The van der Waals surface area contributed by atoms with Gasteiger partial charge >= 0.3 is 0 Å². The van der Waals surface area contributed by atoms with Gasteiger partial charge in [0.2, 0.25) is 11.8 Å². The predicted molar refractivity (Wildman–Crippen MR) is 105 cm³/mol. The van der Waals surface area contributed by atoms with Crippen molar-refractivity contribution in [3.63, 3.8) is 0 Å². The van der Waals surface area contributed by atoms with Crippen molar-refractivity contribution in [1.82, 2.24) is 5.43 Å². The van der Waals surface area contributed by atoms with E-state index in [2.05, 4.69) is 15.8 Å². The normalized spacial score (nSPS) is 10.6. The number of aromatic hydroxyl groups is 1. The standard InChI is InChI=1S/C18H17ClN4O5/c1-11-14(19)3-2-4-15(11)21-17(25)7-8-18(26)22-20-10-12-9-13(23(27)28)5-6-16(12)24/h2-6,9-10,24H,7-8H2,1H3,(H,21,25)(H,22,26)/b20-10+. The number of anilines is 1. The van der Waals surface area contributed by atoms with Gasteiger partial charge in [0, 0.05) is 41.2 Å². The number of hydrogen-bond acceptors (Lipinski definition) is 6. The van der Waals surface area contributed by atoms with Crippen molar-refractivity contribution in [2.24, 2.45) is 5.10 Å². The molecule has 3 N–H and O–H groups in total. The first-order chi connectivity index (χ1) is 13.3. The number of rotatable bonds is 7. The van der Waals surface area contributed by atoms with Crippen LogP contribution in [-0.2, 0) is 9.59 Å². The summed E-state index contributed by atoms with van der Waals surface area (Å²) < 4.78 is 0. The van der Waals surface area contributed by atoms with Gasteiger partial charge in [0.15, 0.2) is 0 Å². The molecule has 2 rings (SSSR count). The summed E-state index contributed by atoms with van der Waals surface area (Å²) in [7, 11) is 0. The van der Waals surface area contributed by atoms with E-state index in [1.807, 2.05) is 0 Å². The number of carbonyl (C=O) groups is 2. The highest BCUT2D eigenvalue weighted by molar-refractivity contribution is 6.31. The highest BCUT2D eigenvalue weighted by atomic mass is 35.5. The quantitative estimate of drug-likeness (QED) is 0.370. The molecule has 0 aromatic heterocycles. The van der Waals surface area contributed by atoms with Crippen molar-refractivity contribution < 1.29 is 19.6 Å². The topological polar surface area (TPSA) is 134 Å². The van der Waals surface area contributed by atoms with Crippen LogP contribution >= 0.6 is 11.6 Å². The number of nitro benzene ring substituents is 1. The first-order valence-corrected chi connectivity index (χ1v) is 8.50. The second-order valence-electron chi connectivity index (χ2n) is 5.75. The zero-order valence-electron chi connectivity index (χ0n) is 14.8. The van der Waals surface area contributed by atoms with E-state index >= 15 is 0 Å². The lowest BCUT2D eigenvalue weighted by Gasteiger charge is -2.09. The molecule has 0 saturated carbocycles. The highest BCUT2D eigenvalue weighted by Gasteiger charge is 2.10. The van der Waals surface area contributed by atoms with Crippen molar-refractivity contribution in [2.45, 2.75) is 19.8 Å². The molecule has 2 aromatic carbocycles. The minimum Gasteiger partial charge on any atom is -0.507 e. The molecule has 10 heteroatoms. The number of benzene rings is 2.